The van der Waals surface area contributed by atoms with Crippen molar-refractivity contribution < 1.29 is 9.94 Å². The highest BCUT2D eigenvalue weighted by atomic mass is 35.5. The summed E-state index contributed by atoms with van der Waals surface area (Å²) in [4.78, 5) is 0. The van der Waals surface area contributed by atoms with E-state index in [1.807, 2.05) is 86.6 Å². The molecule has 0 radical (unpaired) electrons. The van der Waals surface area contributed by atoms with E-state index in [9.17, 15) is 5.21 Å². The minimum atomic E-state index is -0.643. The van der Waals surface area contributed by atoms with Crippen molar-refractivity contribution in [3.8, 4) is 0 Å². The van der Waals surface area contributed by atoms with Gasteiger partial charge in [0.15, 0.2) is 0 Å². The number of nitrogens with zero attached hydrogens (tertiary/aromatic N) is 1. The minimum absolute atomic E-state index is 0.0354. The van der Waals surface area contributed by atoms with Crippen LogP contribution < -0.4 is 0 Å². The van der Waals surface area contributed by atoms with Crippen LogP contribution in [0.15, 0.2) is 84.9 Å². The zero-order valence-corrected chi connectivity index (χ0v) is 17.7. The van der Waals surface area contributed by atoms with Gasteiger partial charge in [0, 0.05) is 5.02 Å². The second-order valence-electron chi connectivity index (χ2n) is 8.14. The van der Waals surface area contributed by atoms with Crippen LogP contribution in [0.4, 0.5) is 0 Å². The van der Waals surface area contributed by atoms with Gasteiger partial charge in [-0.05, 0) is 49.6 Å². The normalized spacial score (nSPS) is 22.5. The van der Waals surface area contributed by atoms with Gasteiger partial charge in [0.1, 0.15) is 5.60 Å². The molecule has 0 aliphatic carbocycles. The first-order valence-corrected chi connectivity index (χ1v) is 10.3. The lowest BCUT2D eigenvalue weighted by molar-refractivity contribution is -0.215. The Morgan fingerprint density at radius 2 is 1.45 bits per heavy atom. The van der Waals surface area contributed by atoms with Crippen LogP contribution >= 0.6 is 11.6 Å². The standard InChI is InChI=1S/C25H26ClNO2/c1-18-25(29-18,21-12-8-5-9-13-21)23(19-14-16-22(26)17-15-19)27(28)24(2,3)20-10-6-4-7-11-20/h4-18,23,28H,1-3H3/t18-,23?,25+/m1/s1. The summed E-state index contributed by atoms with van der Waals surface area (Å²) in [6.07, 6.45) is -0.0354. The summed E-state index contributed by atoms with van der Waals surface area (Å²) in [5.74, 6) is 0. The van der Waals surface area contributed by atoms with Gasteiger partial charge in [0.25, 0.3) is 0 Å². The highest BCUT2D eigenvalue weighted by molar-refractivity contribution is 6.30. The number of rotatable bonds is 6. The van der Waals surface area contributed by atoms with Crippen molar-refractivity contribution in [2.24, 2.45) is 0 Å². The van der Waals surface area contributed by atoms with E-state index in [1.165, 1.54) is 5.06 Å². The van der Waals surface area contributed by atoms with Gasteiger partial charge >= 0.3 is 0 Å². The Morgan fingerprint density at radius 3 is 1.97 bits per heavy atom. The average Bonchev–Trinajstić information content (AvgIpc) is 3.42. The summed E-state index contributed by atoms with van der Waals surface area (Å²) in [6, 6.07) is 27.4. The van der Waals surface area contributed by atoms with Crippen molar-refractivity contribution in [2.45, 2.75) is 44.1 Å². The van der Waals surface area contributed by atoms with Crippen molar-refractivity contribution >= 4 is 11.6 Å². The molecule has 3 aromatic rings. The molecule has 1 N–H and O–H groups in total. The third kappa shape index (κ3) is 3.49. The van der Waals surface area contributed by atoms with E-state index in [0.717, 1.165) is 16.7 Å². The minimum Gasteiger partial charge on any atom is -0.359 e. The number of halogens is 1. The molecule has 0 amide bonds. The second-order valence-corrected chi connectivity index (χ2v) is 8.58. The SMILES string of the molecule is C[C@H]1O[C@@]1(c1ccccc1)C(c1ccc(Cl)cc1)N(O)C(C)(C)c1ccccc1. The number of ether oxygens (including phenoxy) is 1. The average molecular weight is 408 g/mol. The molecular formula is C25H26ClNO2. The third-order valence-electron chi connectivity index (χ3n) is 6.03. The number of epoxide rings is 1. The Bertz CT molecular complexity index is 959. The van der Waals surface area contributed by atoms with Crippen LogP contribution in [0, 0.1) is 0 Å². The van der Waals surface area contributed by atoms with E-state index >= 15 is 0 Å². The summed E-state index contributed by atoms with van der Waals surface area (Å²) < 4.78 is 6.25. The Balaban J connectivity index is 1.85. The van der Waals surface area contributed by atoms with Gasteiger partial charge in [-0.1, -0.05) is 84.4 Å². The summed E-state index contributed by atoms with van der Waals surface area (Å²) in [6.45, 7) is 6.10. The molecule has 4 rings (SSSR count). The molecule has 1 unspecified atom stereocenters. The maximum atomic E-state index is 11.7. The topological polar surface area (TPSA) is 36.0 Å². The number of hydrogen-bond acceptors (Lipinski definition) is 3. The van der Waals surface area contributed by atoms with Crippen molar-refractivity contribution in [3.63, 3.8) is 0 Å². The lowest BCUT2D eigenvalue weighted by atomic mass is 9.81. The fourth-order valence-corrected chi connectivity index (χ4v) is 4.35. The van der Waals surface area contributed by atoms with Gasteiger partial charge < -0.3 is 9.94 Å². The van der Waals surface area contributed by atoms with Crippen LogP contribution in [0.1, 0.15) is 43.5 Å². The van der Waals surface area contributed by atoms with Crippen molar-refractivity contribution in [3.05, 3.63) is 107 Å². The van der Waals surface area contributed by atoms with E-state index in [0.29, 0.717) is 5.02 Å². The zero-order chi connectivity index (χ0) is 20.6. The maximum Gasteiger partial charge on any atom is 0.141 e. The number of hydroxylamine groups is 2. The Hall–Kier alpha value is -2.17. The lowest BCUT2D eigenvalue weighted by Gasteiger charge is -2.42. The van der Waals surface area contributed by atoms with Gasteiger partial charge in [-0.3, -0.25) is 0 Å². The molecule has 1 saturated heterocycles. The molecule has 1 aliphatic rings. The van der Waals surface area contributed by atoms with E-state index in [2.05, 4.69) is 19.1 Å². The van der Waals surface area contributed by atoms with Crippen LogP contribution in [0.3, 0.4) is 0 Å². The molecule has 0 spiro atoms. The smallest absolute Gasteiger partial charge is 0.141 e. The van der Waals surface area contributed by atoms with Crippen molar-refractivity contribution in [1.29, 1.82) is 0 Å². The molecule has 3 nitrogen and oxygen atoms in total. The van der Waals surface area contributed by atoms with E-state index in [-0.39, 0.29) is 6.10 Å². The molecule has 4 heteroatoms. The van der Waals surface area contributed by atoms with Crippen LogP contribution in [0.2, 0.25) is 5.02 Å². The molecule has 1 aliphatic heterocycles. The van der Waals surface area contributed by atoms with Gasteiger partial charge in [-0.15, -0.1) is 0 Å². The van der Waals surface area contributed by atoms with Gasteiger partial charge in [0.05, 0.1) is 17.7 Å². The predicted octanol–water partition coefficient (Wildman–Crippen LogP) is 6.32. The van der Waals surface area contributed by atoms with E-state index in [4.69, 9.17) is 16.3 Å². The molecule has 3 aromatic carbocycles. The summed E-state index contributed by atoms with van der Waals surface area (Å²) in [5, 5.41) is 13.8. The molecule has 0 aromatic heterocycles. The number of hydrogen-bond donors (Lipinski definition) is 1. The van der Waals surface area contributed by atoms with Crippen molar-refractivity contribution in [1.82, 2.24) is 5.06 Å². The molecule has 1 fully saturated rings. The van der Waals surface area contributed by atoms with Gasteiger partial charge in [-0.2, -0.15) is 5.06 Å². The molecule has 29 heavy (non-hydrogen) atoms. The first kappa shape index (κ1) is 20.1. The zero-order valence-electron chi connectivity index (χ0n) is 16.9. The first-order chi connectivity index (χ1) is 13.9. The maximum absolute atomic E-state index is 11.7. The van der Waals surface area contributed by atoms with Crippen molar-refractivity contribution in [2.75, 3.05) is 0 Å². The van der Waals surface area contributed by atoms with Crippen LogP contribution in [0.25, 0.3) is 0 Å². The van der Waals surface area contributed by atoms with E-state index < -0.39 is 17.2 Å². The summed E-state index contributed by atoms with van der Waals surface area (Å²) in [7, 11) is 0. The first-order valence-electron chi connectivity index (χ1n) is 9.90. The number of benzene rings is 3. The van der Waals surface area contributed by atoms with Gasteiger partial charge in [-0.25, -0.2) is 0 Å². The van der Waals surface area contributed by atoms with E-state index in [1.54, 1.807) is 0 Å². The van der Waals surface area contributed by atoms with Crippen LogP contribution in [-0.2, 0) is 15.9 Å². The fourth-order valence-electron chi connectivity index (χ4n) is 4.22. The molecular weight excluding hydrogens is 382 g/mol. The Labute approximate surface area is 177 Å². The monoisotopic (exact) mass is 407 g/mol. The Morgan fingerprint density at radius 1 is 0.931 bits per heavy atom. The largest absolute Gasteiger partial charge is 0.359 e. The van der Waals surface area contributed by atoms with Gasteiger partial charge in [0.2, 0.25) is 0 Å². The quantitative estimate of drug-likeness (QED) is 0.383. The fraction of sp³-hybridized carbons (Fsp3) is 0.280. The molecule has 1 heterocycles. The summed E-state index contributed by atoms with van der Waals surface area (Å²) in [5.41, 5.74) is 1.75. The van der Waals surface area contributed by atoms with Crippen LogP contribution in [-0.4, -0.2) is 16.4 Å². The molecule has 0 bridgehead atoms. The third-order valence-corrected chi connectivity index (χ3v) is 6.28. The summed E-state index contributed by atoms with van der Waals surface area (Å²) >= 11 is 6.15. The van der Waals surface area contributed by atoms with Crippen LogP contribution in [0.5, 0.6) is 0 Å². The molecule has 150 valence electrons. The molecule has 3 atom stereocenters. The highest BCUT2D eigenvalue weighted by Crippen LogP contribution is 2.58. The predicted molar refractivity (Wildman–Crippen MR) is 116 cm³/mol. The lowest BCUT2D eigenvalue weighted by Crippen LogP contribution is -2.46. The molecule has 0 saturated carbocycles. The second kappa shape index (κ2) is 7.58. The highest BCUT2D eigenvalue weighted by Gasteiger charge is 2.63. The Kier molecular flexibility index (Phi) is 5.26.